The minimum absolute atomic E-state index is 0.0453. The summed E-state index contributed by atoms with van der Waals surface area (Å²) < 4.78 is 4.73. The summed E-state index contributed by atoms with van der Waals surface area (Å²) in [7, 11) is 0. The fourth-order valence-electron chi connectivity index (χ4n) is 0.913. The number of aromatic hydroxyl groups is 1. The third kappa shape index (κ3) is 2.49. The first-order chi connectivity index (χ1) is 6.75. The highest BCUT2D eigenvalue weighted by Crippen LogP contribution is 2.16. The summed E-state index contributed by atoms with van der Waals surface area (Å²) in [6.07, 6.45) is 0.152. The molecule has 0 radical (unpaired) electrons. The number of phenolic OH excluding ortho intramolecular Hbond substituents is 1. The van der Waals surface area contributed by atoms with Gasteiger partial charge in [-0.1, -0.05) is 12.1 Å². The van der Waals surface area contributed by atoms with Crippen LogP contribution >= 0.6 is 0 Å². The summed E-state index contributed by atoms with van der Waals surface area (Å²) in [6, 6.07) is 7.95. The van der Waals surface area contributed by atoms with Gasteiger partial charge >= 0.3 is 5.97 Å². The van der Waals surface area contributed by atoms with Crippen LogP contribution in [-0.4, -0.2) is 17.7 Å². The molecule has 0 amide bonds. The minimum Gasteiger partial charge on any atom is -0.507 e. The first-order valence-corrected chi connectivity index (χ1v) is 4.08. The van der Waals surface area contributed by atoms with Gasteiger partial charge in [-0.25, -0.2) is 4.79 Å². The molecule has 0 aliphatic carbocycles. The van der Waals surface area contributed by atoms with Gasteiger partial charge in [0, 0.05) is 0 Å². The Labute approximate surface area is 81.4 Å². The first kappa shape index (κ1) is 10.1. The maximum absolute atomic E-state index is 11.2. The number of carbonyl (C=O) groups is 1. The fourth-order valence-corrected chi connectivity index (χ4v) is 0.913. The molecule has 0 saturated carbocycles. The Morgan fingerprint density at radius 2 is 2.21 bits per heavy atom. The van der Waals surface area contributed by atoms with E-state index in [2.05, 4.69) is 0 Å². The minimum atomic E-state index is -0.613. The van der Waals surface area contributed by atoms with Crippen LogP contribution in [0.5, 0.6) is 5.75 Å². The molecule has 0 fully saturated rings. The molecule has 4 nitrogen and oxygen atoms in total. The first-order valence-electron chi connectivity index (χ1n) is 4.08. The molecule has 1 aromatic rings. The Kier molecular flexibility index (Phi) is 3.50. The van der Waals surface area contributed by atoms with Gasteiger partial charge in [0.05, 0.1) is 12.5 Å². The van der Waals surface area contributed by atoms with E-state index in [1.54, 1.807) is 12.1 Å². The predicted molar refractivity (Wildman–Crippen MR) is 48.6 cm³/mol. The van der Waals surface area contributed by atoms with Gasteiger partial charge in [-0.15, -0.1) is 0 Å². The normalized spacial score (nSPS) is 9.07. The second kappa shape index (κ2) is 4.87. The highest BCUT2D eigenvalue weighted by molar-refractivity contribution is 5.92. The average Bonchev–Trinajstić information content (AvgIpc) is 2.18. The number of nitriles is 1. The van der Waals surface area contributed by atoms with Crippen molar-refractivity contribution < 1.29 is 14.6 Å². The Morgan fingerprint density at radius 3 is 2.86 bits per heavy atom. The van der Waals surface area contributed by atoms with Gasteiger partial charge in [0.25, 0.3) is 0 Å². The smallest absolute Gasteiger partial charge is 0.341 e. The number of rotatable bonds is 3. The molecule has 0 heterocycles. The highest BCUT2D eigenvalue weighted by atomic mass is 16.5. The van der Waals surface area contributed by atoms with E-state index in [0.717, 1.165) is 0 Å². The van der Waals surface area contributed by atoms with E-state index < -0.39 is 5.97 Å². The van der Waals surface area contributed by atoms with Crippen LogP contribution in [0.25, 0.3) is 0 Å². The number of phenols is 1. The zero-order valence-corrected chi connectivity index (χ0v) is 7.43. The van der Waals surface area contributed by atoms with Crippen molar-refractivity contribution in [2.45, 2.75) is 6.42 Å². The van der Waals surface area contributed by atoms with Crippen molar-refractivity contribution in [2.24, 2.45) is 0 Å². The number of para-hydroxylation sites is 1. The second-order valence-corrected chi connectivity index (χ2v) is 2.56. The van der Waals surface area contributed by atoms with Crippen molar-refractivity contribution in [1.82, 2.24) is 0 Å². The number of carbonyl (C=O) groups excluding carboxylic acids is 1. The SMILES string of the molecule is N#CCCOC(=O)c1ccccc1O. The lowest BCUT2D eigenvalue weighted by molar-refractivity contribution is 0.0510. The third-order valence-corrected chi connectivity index (χ3v) is 1.57. The van der Waals surface area contributed by atoms with Crippen LogP contribution in [0.1, 0.15) is 16.8 Å². The quantitative estimate of drug-likeness (QED) is 0.580. The number of nitrogens with zero attached hydrogens (tertiary/aromatic N) is 1. The van der Waals surface area contributed by atoms with Crippen molar-refractivity contribution in [3.8, 4) is 11.8 Å². The van der Waals surface area contributed by atoms with Crippen LogP contribution in [0.4, 0.5) is 0 Å². The van der Waals surface area contributed by atoms with E-state index in [-0.39, 0.29) is 24.3 Å². The summed E-state index contributed by atoms with van der Waals surface area (Å²) in [5.41, 5.74) is 0.116. The Hall–Kier alpha value is -2.02. The van der Waals surface area contributed by atoms with Crippen LogP contribution in [-0.2, 0) is 4.74 Å². The lowest BCUT2D eigenvalue weighted by Crippen LogP contribution is -2.06. The number of esters is 1. The van der Waals surface area contributed by atoms with Crippen molar-refractivity contribution in [3.63, 3.8) is 0 Å². The van der Waals surface area contributed by atoms with E-state index in [1.807, 2.05) is 6.07 Å². The average molecular weight is 191 g/mol. The van der Waals surface area contributed by atoms with Crippen molar-refractivity contribution in [3.05, 3.63) is 29.8 Å². The Bertz CT molecular complexity index is 368. The molecule has 4 heteroatoms. The van der Waals surface area contributed by atoms with Crippen LogP contribution in [0.15, 0.2) is 24.3 Å². The van der Waals surface area contributed by atoms with Gasteiger partial charge in [0.15, 0.2) is 0 Å². The zero-order valence-electron chi connectivity index (χ0n) is 7.43. The van der Waals surface area contributed by atoms with Crippen LogP contribution in [0.2, 0.25) is 0 Å². The molecule has 14 heavy (non-hydrogen) atoms. The summed E-state index contributed by atoms with van der Waals surface area (Å²) in [4.78, 5) is 11.2. The van der Waals surface area contributed by atoms with Gasteiger partial charge < -0.3 is 9.84 Å². The van der Waals surface area contributed by atoms with Gasteiger partial charge in [-0.2, -0.15) is 5.26 Å². The molecule has 0 atom stereocenters. The van der Waals surface area contributed by atoms with E-state index in [0.29, 0.717) is 0 Å². The third-order valence-electron chi connectivity index (χ3n) is 1.57. The largest absolute Gasteiger partial charge is 0.507 e. The van der Waals surface area contributed by atoms with Crippen molar-refractivity contribution in [1.29, 1.82) is 5.26 Å². The molecule has 1 N–H and O–H groups in total. The van der Waals surface area contributed by atoms with E-state index in [1.165, 1.54) is 12.1 Å². The van der Waals surface area contributed by atoms with Gasteiger partial charge in [0.2, 0.25) is 0 Å². The van der Waals surface area contributed by atoms with Crippen LogP contribution in [0.3, 0.4) is 0 Å². The van der Waals surface area contributed by atoms with E-state index in [4.69, 9.17) is 10.00 Å². The Balaban J connectivity index is 2.62. The number of ether oxygens (including phenoxy) is 1. The zero-order chi connectivity index (χ0) is 10.4. The maximum atomic E-state index is 11.2. The van der Waals surface area contributed by atoms with Crippen molar-refractivity contribution in [2.75, 3.05) is 6.61 Å². The van der Waals surface area contributed by atoms with Gasteiger partial charge in [-0.3, -0.25) is 0 Å². The molecule has 1 aromatic carbocycles. The topological polar surface area (TPSA) is 70.3 Å². The molecule has 0 aromatic heterocycles. The molecule has 0 unspecified atom stereocenters. The number of hydrogen-bond donors (Lipinski definition) is 1. The van der Waals surface area contributed by atoms with E-state index >= 15 is 0 Å². The molecule has 72 valence electrons. The van der Waals surface area contributed by atoms with Gasteiger partial charge in [0.1, 0.15) is 17.9 Å². The molecule has 0 aliphatic heterocycles. The Morgan fingerprint density at radius 1 is 1.50 bits per heavy atom. The summed E-state index contributed by atoms with van der Waals surface area (Å²) in [6.45, 7) is 0.0453. The molecule has 0 bridgehead atoms. The molecule has 0 spiro atoms. The van der Waals surface area contributed by atoms with Gasteiger partial charge in [-0.05, 0) is 12.1 Å². The standard InChI is InChI=1S/C10H9NO3/c11-6-3-7-14-10(13)8-4-1-2-5-9(8)12/h1-2,4-5,12H,3,7H2. The molecule has 0 aliphatic rings. The lowest BCUT2D eigenvalue weighted by atomic mass is 10.2. The monoisotopic (exact) mass is 191 g/mol. The van der Waals surface area contributed by atoms with Crippen molar-refractivity contribution >= 4 is 5.97 Å². The lowest BCUT2D eigenvalue weighted by Gasteiger charge is -2.03. The number of hydrogen-bond acceptors (Lipinski definition) is 4. The fraction of sp³-hybridized carbons (Fsp3) is 0.200. The second-order valence-electron chi connectivity index (χ2n) is 2.56. The summed E-state index contributed by atoms with van der Waals surface area (Å²) in [5, 5.41) is 17.5. The van der Waals surface area contributed by atoms with Crippen LogP contribution in [0, 0.1) is 11.3 Å². The summed E-state index contributed by atoms with van der Waals surface area (Å²) >= 11 is 0. The molecular formula is C10H9NO3. The molecule has 1 rings (SSSR count). The van der Waals surface area contributed by atoms with Crippen LogP contribution < -0.4 is 0 Å². The highest BCUT2D eigenvalue weighted by Gasteiger charge is 2.10. The molecular weight excluding hydrogens is 182 g/mol. The van der Waals surface area contributed by atoms with E-state index in [9.17, 15) is 9.90 Å². The predicted octanol–water partition coefficient (Wildman–Crippen LogP) is 1.46. The number of benzene rings is 1. The molecule has 0 saturated heterocycles. The maximum Gasteiger partial charge on any atom is 0.341 e. The summed E-state index contributed by atoms with van der Waals surface area (Å²) in [5.74, 6) is -0.729.